The summed E-state index contributed by atoms with van der Waals surface area (Å²) in [6.07, 6.45) is 0. The number of benzene rings is 1. The highest BCUT2D eigenvalue weighted by atomic mass is 79.9. The minimum Gasteiger partial charge on any atom is -0.497 e. The minimum absolute atomic E-state index is 0.0962. The molecule has 0 radical (unpaired) electrons. The second-order valence-electron chi connectivity index (χ2n) is 4.24. The molecule has 0 bridgehead atoms. The fraction of sp³-hybridized carbons (Fsp3) is 0.462. The molecule has 0 saturated carbocycles. The number of rotatable bonds is 5. The lowest BCUT2D eigenvalue weighted by atomic mass is 10.1. The van der Waals surface area contributed by atoms with E-state index < -0.39 is 0 Å². The summed E-state index contributed by atoms with van der Waals surface area (Å²) in [7, 11) is 1.58. The number of carbonyl (C=O) groups excluding carboxylic acids is 1. The largest absolute Gasteiger partial charge is 0.497 e. The number of halogens is 2. The second kappa shape index (κ2) is 7.14. The van der Waals surface area contributed by atoms with E-state index in [4.69, 9.17) is 4.74 Å². The van der Waals surface area contributed by atoms with Crippen molar-refractivity contribution in [1.29, 1.82) is 0 Å². The van der Waals surface area contributed by atoms with Gasteiger partial charge in [0.15, 0.2) is 0 Å². The van der Waals surface area contributed by atoms with E-state index in [0.717, 1.165) is 9.80 Å². The number of carbonyl (C=O) groups is 1. The van der Waals surface area contributed by atoms with Gasteiger partial charge in [-0.3, -0.25) is 4.79 Å². The molecule has 5 heteroatoms. The van der Waals surface area contributed by atoms with Gasteiger partial charge in [0.05, 0.1) is 12.7 Å². The van der Waals surface area contributed by atoms with E-state index in [1.165, 1.54) is 0 Å². The third kappa shape index (κ3) is 3.99. The monoisotopic (exact) mass is 377 g/mol. The Morgan fingerprint density at radius 1 is 1.44 bits per heavy atom. The van der Waals surface area contributed by atoms with Crippen LogP contribution in [0.2, 0.25) is 0 Å². The van der Waals surface area contributed by atoms with Crippen LogP contribution in [0.15, 0.2) is 22.7 Å². The van der Waals surface area contributed by atoms with E-state index in [-0.39, 0.29) is 11.9 Å². The van der Waals surface area contributed by atoms with Crippen LogP contribution in [0.4, 0.5) is 0 Å². The molecule has 18 heavy (non-hydrogen) atoms. The topological polar surface area (TPSA) is 38.3 Å². The number of nitrogens with one attached hydrogen (secondary N) is 1. The van der Waals surface area contributed by atoms with Crippen LogP contribution in [0.25, 0.3) is 0 Å². The first-order chi connectivity index (χ1) is 8.49. The number of alkyl halides is 1. The molecule has 0 aliphatic carbocycles. The van der Waals surface area contributed by atoms with Crippen molar-refractivity contribution >= 4 is 37.8 Å². The normalized spacial score (nSPS) is 13.8. The van der Waals surface area contributed by atoms with Crippen molar-refractivity contribution in [2.24, 2.45) is 5.92 Å². The Kier molecular flexibility index (Phi) is 6.15. The Morgan fingerprint density at radius 2 is 2.11 bits per heavy atom. The molecule has 3 nitrogen and oxygen atoms in total. The van der Waals surface area contributed by atoms with E-state index in [9.17, 15) is 4.79 Å². The highest BCUT2D eigenvalue weighted by molar-refractivity contribution is 9.10. The van der Waals surface area contributed by atoms with Gasteiger partial charge in [0.1, 0.15) is 5.75 Å². The summed E-state index contributed by atoms with van der Waals surface area (Å²) < 4.78 is 5.89. The zero-order chi connectivity index (χ0) is 13.7. The van der Waals surface area contributed by atoms with Gasteiger partial charge in [0.25, 0.3) is 5.91 Å². The van der Waals surface area contributed by atoms with Gasteiger partial charge in [-0.25, -0.2) is 0 Å². The lowest BCUT2D eigenvalue weighted by Crippen LogP contribution is -2.37. The molecule has 0 heterocycles. The van der Waals surface area contributed by atoms with Crippen LogP contribution in [-0.2, 0) is 0 Å². The summed E-state index contributed by atoms with van der Waals surface area (Å²) >= 11 is 6.80. The van der Waals surface area contributed by atoms with E-state index in [1.807, 2.05) is 19.1 Å². The molecular weight excluding hydrogens is 362 g/mol. The highest BCUT2D eigenvalue weighted by Gasteiger charge is 2.17. The van der Waals surface area contributed by atoms with Crippen molar-refractivity contribution in [3.05, 3.63) is 28.2 Å². The Morgan fingerprint density at radius 3 is 2.67 bits per heavy atom. The average Bonchev–Trinajstić information content (AvgIpc) is 2.38. The Hall–Kier alpha value is -0.550. The first-order valence-electron chi connectivity index (χ1n) is 5.70. The molecule has 0 aromatic heterocycles. The number of hydrogen-bond acceptors (Lipinski definition) is 2. The van der Waals surface area contributed by atoms with Crippen LogP contribution in [0.5, 0.6) is 5.75 Å². The van der Waals surface area contributed by atoms with Gasteiger partial charge in [-0.2, -0.15) is 0 Å². The van der Waals surface area contributed by atoms with E-state index in [0.29, 0.717) is 17.2 Å². The van der Waals surface area contributed by atoms with E-state index in [2.05, 4.69) is 44.1 Å². The summed E-state index contributed by atoms with van der Waals surface area (Å²) in [6.45, 7) is 4.08. The van der Waals surface area contributed by atoms with Crippen LogP contribution in [0, 0.1) is 5.92 Å². The molecule has 0 fully saturated rings. The van der Waals surface area contributed by atoms with E-state index in [1.54, 1.807) is 13.2 Å². The van der Waals surface area contributed by atoms with E-state index >= 15 is 0 Å². The highest BCUT2D eigenvalue weighted by Crippen LogP contribution is 2.22. The first kappa shape index (κ1) is 15.5. The quantitative estimate of drug-likeness (QED) is 0.795. The first-order valence-corrected chi connectivity index (χ1v) is 7.61. The Bertz CT molecular complexity index is 423. The number of ether oxygens (including phenoxy) is 1. The smallest absolute Gasteiger partial charge is 0.252 e. The van der Waals surface area contributed by atoms with Gasteiger partial charge in [-0.05, 0) is 47.0 Å². The molecule has 1 N–H and O–H groups in total. The molecule has 1 aromatic carbocycles. The van der Waals surface area contributed by atoms with Crippen molar-refractivity contribution in [1.82, 2.24) is 5.32 Å². The van der Waals surface area contributed by atoms with Crippen LogP contribution in [0.3, 0.4) is 0 Å². The third-order valence-corrected chi connectivity index (χ3v) is 4.59. The standard InChI is InChI=1S/C13H17Br2NO2/c1-8(7-14)9(2)16-13(17)11-6-10(18-3)4-5-12(11)15/h4-6,8-9H,7H2,1-3H3,(H,16,17). The molecule has 2 unspecified atom stereocenters. The van der Waals surface area contributed by atoms with Gasteiger partial charge >= 0.3 is 0 Å². The lowest BCUT2D eigenvalue weighted by Gasteiger charge is -2.19. The van der Waals surface area contributed by atoms with Gasteiger partial charge in [-0.1, -0.05) is 22.9 Å². The fourth-order valence-electron chi connectivity index (χ4n) is 1.37. The van der Waals surface area contributed by atoms with Crippen LogP contribution in [-0.4, -0.2) is 24.4 Å². The predicted octanol–water partition coefficient (Wildman–Crippen LogP) is 3.61. The van der Waals surface area contributed by atoms with Gasteiger partial charge in [0, 0.05) is 15.8 Å². The van der Waals surface area contributed by atoms with Crippen molar-refractivity contribution in [2.45, 2.75) is 19.9 Å². The third-order valence-electron chi connectivity index (χ3n) is 2.87. The molecule has 0 aliphatic heterocycles. The molecule has 0 aliphatic rings. The van der Waals surface area contributed by atoms with Gasteiger partial charge in [-0.15, -0.1) is 0 Å². The number of hydrogen-bond donors (Lipinski definition) is 1. The van der Waals surface area contributed by atoms with Gasteiger partial charge in [0.2, 0.25) is 0 Å². The van der Waals surface area contributed by atoms with Gasteiger partial charge < -0.3 is 10.1 Å². The molecule has 1 amide bonds. The van der Waals surface area contributed by atoms with Crippen molar-refractivity contribution in [2.75, 3.05) is 12.4 Å². The Labute approximate surface area is 125 Å². The summed E-state index contributed by atoms with van der Waals surface area (Å²) in [5, 5.41) is 3.84. The van der Waals surface area contributed by atoms with Crippen molar-refractivity contribution in [3.63, 3.8) is 0 Å². The maximum atomic E-state index is 12.2. The SMILES string of the molecule is COc1ccc(Br)c(C(=O)NC(C)C(C)CBr)c1. The molecule has 1 rings (SSSR count). The molecule has 1 aromatic rings. The van der Waals surface area contributed by atoms with Crippen LogP contribution < -0.4 is 10.1 Å². The maximum Gasteiger partial charge on any atom is 0.252 e. The fourth-order valence-corrected chi connectivity index (χ4v) is 2.35. The van der Waals surface area contributed by atoms with Crippen LogP contribution >= 0.6 is 31.9 Å². The van der Waals surface area contributed by atoms with Crippen molar-refractivity contribution < 1.29 is 9.53 Å². The number of amides is 1. The van der Waals surface area contributed by atoms with Crippen LogP contribution in [0.1, 0.15) is 24.2 Å². The molecule has 0 spiro atoms. The number of methoxy groups -OCH3 is 1. The average molecular weight is 379 g/mol. The summed E-state index contributed by atoms with van der Waals surface area (Å²) in [4.78, 5) is 12.2. The van der Waals surface area contributed by atoms with Crippen molar-refractivity contribution in [3.8, 4) is 5.75 Å². The minimum atomic E-state index is -0.0962. The molecule has 2 atom stereocenters. The second-order valence-corrected chi connectivity index (χ2v) is 5.74. The Balaban J connectivity index is 2.83. The summed E-state index contributed by atoms with van der Waals surface area (Å²) in [6, 6.07) is 5.46. The zero-order valence-electron chi connectivity index (χ0n) is 10.7. The lowest BCUT2D eigenvalue weighted by molar-refractivity contribution is 0.0930. The molecule has 100 valence electrons. The molecule has 0 saturated heterocycles. The predicted molar refractivity (Wildman–Crippen MR) is 80.6 cm³/mol. The maximum absolute atomic E-state index is 12.2. The summed E-state index contributed by atoms with van der Waals surface area (Å²) in [5.41, 5.74) is 0.586. The zero-order valence-corrected chi connectivity index (χ0v) is 13.8. The summed E-state index contributed by atoms with van der Waals surface area (Å²) in [5.74, 6) is 0.948. The molecular formula is C13H17Br2NO2.